The van der Waals surface area contributed by atoms with Crippen LogP contribution in [0, 0.1) is 0 Å². The van der Waals surface area contributed by atoms with Crippen LogP contribution < -0.4 is 16.4 Å². The molecule has 0 radical (unpaired) electrons. The van der Waals surface area contributed by atoms with Crippen LogP contribution in [0.25, 0.3) is 0 Å². The Balaban J connectivity index is 2.23. The van der Waals surface area contributed by atoms with E-state index in [-0.39, 0.29) is 17.6 Å². The van der Waals surface area contributed by atoms with Gasteiger partial charge in [-0.15, -0.1) is 0 Å². The van der Waals surface area contributed by atoms with Crippen LogP contribution in [0.3, 0.4) is 0 Å². The molecule has 1 aromatic heterocycles. The molecule has 1 atom stereocenters. The second-order valence-corrected chi connectivity index (χ2v) is 5.48. The molecule has 1 unspecified atom stereocenters. The first kappa shape index (κ1) is 14.6. The molecule has 2 rings (SSSR count). The minimum absolute atomic E-state index is 0.109. The van der Waals surface area contributed by atoms with Crippen molar-refractivity contribution in [1.29, 1.82) is 0 Å². The first-order chi connectivity index (χ1) is 9.58. The van der Waals surface area contributed by atoms with Crippen LogP contribution in [-0.4, -0.2) is 47.4 Å². The molecular formula is C12H19N5O2S. The maximum Gasteiger partial charge on any atom is 0.268 e. The third-order valence-corrected chi connectivity index (χ3v) is 4.17. The Morgan fingerprint density at radius 2 is 2.35 bits per heavy atom. The zero-order valence-corrected chi connectivity index (χ0v) is 12.4. The van der Waals surface area contributed by atoms with Crippen LogP contribution in [0.2, 0.25) is 0 Å². The number of carbonyl (C=O) groups is 2. The van der Waals surface area contributed by atoms with Gasteiger partial charge in [-0.1, -0.05) is 18.3 Å². The van der Waals surface area contributed by atoms with Gasteiger partial charge in [0.25, 0.3) is 5.91 Å². The Labute approximate surface area is 121 Å². The highest BCUT2D eigenvalue weighted by atomic mass is 32.1. The second-order valence-electron chi connectivity index (χ2n) is 4.48. The van der Waals surface area contributed by atoms with E-state index >= 15 is 0 Å². The number of hydrogen-bond donors (Lipinski definition) is 3. The summed E-state index contributed by atoms with van der Waals surface area (Å²) in [6.45, 7) is 5.51. The van der Waals surface area contributed by atoms with Crippen molar-refractivity contribution >= 4 is 34.1 Å². The van der Waals surface area contributed by atoms with Crippen molar-refractivity contribution in [2.45, 2.75) is 26.3 Å². The van der Waals surface area contributed by atoms with Crippen LogP contribution in [0.4, 0.5) is 10.9 Å². The van der Waals surface area contributed by atoms with E-state index < -0.39 is 6.04 Å². The van der Waals surface area contributed by atoms with Gasteiger partial charge < -0.3 is 21.3 Å². The van der Waals surface area contributed by atoms with E-state index in [0.29, 0.717) is 36.1 Å². The van der Waals surface area contributed by atoms with Crippen molar-refractivity contribution in [3.05, 3.63) is 4.88 Å². The Kier molecular flexibility index (Phi) is 4.43. The van der Waals surface area contributed by atoms with E-state index in [2.05, 4.69) is 15.6 Å². The number of nitrogen functional groups attached to an aromatic ring is 1. The number of nitrogens with two attached hydrogens (primary N) is 1. The number of nitrogens with zero attached hydrogens (tertiary/aromatic N) is 2. The summed E-state index contributed by atoms with van der Waals surface area (Å²) in [6.07, 6.45) is 0.580. The lowest BCUT2D eigenvalue weighted by atomic mass is 10.1. The molecule has 7 nitrogen and oxygen atoms in total. The van der Waals surface area contributed by atoms with Gasteiger partial charge in [0.1, 0.15) is 16.7 Å². The first-order valence-corrected chi connectivity index (χ1v) is 7.49. The molecule has 0 saturated carbocycles. The van der Waals surface area contributed by atoms with Gasteiger partial charge in [0, 0.05) is 19.6 Å². The number of hydrogen-bond acceptors (Lipinski definition) is 6. The number of nitrogens with one attached hydrogen (secondary N) is 2. The summed E-state index contributed by atoms with van der Waals surface area (Å²) in [5.74, 6) is -0.107. The predicted molar refractivity (Wildman–Crippen MR) is 78.8 cm³/mol. The molecule has 0 aromatic carbocycles. The molecule has 0 aliphatic carbocycles. The molecule has 1 fully saturated rings. The third kappa shape index (κ3) is 2.69. The fraction of sp³-hybridized carbons (Fsp3) is 0.583. The maximum atomic E-state index is 12.6. The van der Waals surface area contributed by atoms with Crippen molar-refractivity contribution < 1.29 is 9.59 Å². The highest BCUT2D eigenvalue weighted by Gasteiger charge is 2.34. The highest BCUT2D eigenvalue weighted by Crippen LogP contribution is 2.27. The molecule has 20 heavy (non-hydrogen) atoms. The van der Waals surface area contributed by atoms with Crippen molar-refractivity contribution in [2.24, 2.45) is 0 Å². The summed E-state index contributed by atoms with van der Waals surface area (Å²) in [7, 11) is 0. The molecule has 2 amide bonds. The number of piperazine rings is 1. The molecule has 2 heterocycles. The van der Waals surface area contributed by atoms with Gasteiger partial charge in [0.05, 0.1) is 0 Å². The summed E-state index contributed by atoms with van der Waals surface area (Å²) < 4.78 is 0. The molecule has 8 heteroatoms. The summed E-state index contributed by atoms with van der Waals surface area (Å²) in [4.78, 5) is 30.5. The summed E-state index contributed by atoms with van der Waals surface area (Å²) in [5, 5.41) is 6.44. The van der Waals surface area contributed by atoms with Gasteiger partial charge in [-0.2, -0.15) is 0 Å². The molecule has 1 saturated heterocycles. The zero-order chi connectivity index (χ0) is 14.7. The monoisotopic (exact) mass is 297 g/mol. The van der Waals surface area contributed by atoms with Gasteiger partial charge >= 0.3 is 0 Å². The van der Waals surface area contributed by atoms with Crippen molar-refractivity contribution in [3.8, 4) is 0 Å². The fourth-order valence-electron chi connectivity index (χ4n) is 2.21. The van der Waals surface area contributed by atoms with E-state index in [1.807, 2.05) is 13.8 Å². The fourth-order valence-corrected chi connectivity index (χ4v) is 3.11. The number of carbonyl (C=O) groups excluding carboxylic acids is 2. The van der Waals surface area contributed by atoms with Crippen LogP contribution in [-0.2, 0) is 4.79 Å². The third-order valence-electron chi connectivity index (χ3n) is 3.15. The number of rotatable bonds is 4. The largest absolute Gasteiger partial charge is 0.382 e. The van der Waals surface area contributed by atoms with Crippen molar-refractivity contribution in [1.82, 2.24) is 15.2 Å². The highest BCUT2D eigenvalue weighted by molar-refractivity contribution is 7.18. The Morgan fingerprint density at radius 1 is 1.60 bits per heavy atom. The summed E-state index contributed by atoms with van der Waals surface area (Å²) in [5.41, 5.74) is 5.81. The average Bonchev–Trinajstić information content (AvgIpc) is 2.79. The van der Waals surface area contributed by atoms with E-state index in [1.165, 1.54) is 11.3 Å². The quantitative estimate of drug-likeness (QED) is 0.752. The molecule has 1 aliphatic rings. The van der Waals surface area contributed by atoms with Crippen molar-refractivity contribution in [2.75, 3.05) is 30.7 Å². The van der Waals surface area contributed by atoms with E-state index in [4.69, 9.17) is 5.73 Å². The Hall–Kier alpha value is -1.83. The molecule has 0 spiro atoms. The number of anilines is 2. The SMILES string of the molecule is CCNc1nc(N)c(C(=O)N2CCNC(=O)C2CC)s1. The van der Waals surface area contributed by atoms with Gasteiger partial charge in [-0.3, -0.25) is 9.59 Å². The lowest BCUT2D eigenvalue weighted by Gasteiger charge is -2.34. The Morgan fingerprint density at radius 3 is 3.00 bits per heavy atom. The van der Waals surface area contributed by atoms with Crippen LogP contribution in [0.15, 0.2) is 0 Å². The van der Waals surface area contributed by atoms with E-state index in [9.17, 15) is 9.59 Å². The normalized spacial score (nSPS) is 18.8. The number of amides is 2. The molecular weight excluding hydrogens is 278 g/mol. The van der Waals surface area contributed by atoms with Gasteiger partial charge in [-0.05, 0) is 13.3 Å². The van der Waals surface area contributed by atoms with Crippen LogP contribution in [0.5, 0.6) is 0 Å². The van der Waals surface area contributed by atoms with Crippen LogP contribution in [0.1, 0.15) is 29.9 Å². The maximum absolute atomic E-state index is 12.6. The predicted octanol–water partition coefficient (Wildman–Crippen LogP) is 0.508. The summed E-state index contributed by atoms with van der Waals surface area (Å²) >= 11 is 1.23. The van der Waals surface area contributed by atoms with Gasteiger partial charge in [0.15, 0.2) is 5.13 Å². The number of thiazole rings is 1. The molecule has 4 N–H and O–H groups in total. The molecule has 0 bridgehead atoms. The Bertz CT molecular complexity index is 516. The summed E-state index contributed by atoms with van der Waals surface area (Å²) in [6, 6.07) is -0.430. The van der Waals surface area contributed by atoms with Crippen molar-refractivity contribution in [3.63, 3.8) is 0 Å². The molecule has 110 valence electrons. The topological polar surface area (TPSA) is 100 Å². The molecule has 1 aliphatic heterocycles. The van der Waals surface area contributed by atoms with E-state index in [1.54, 1.807) is 4.90 Å². The standard InChI is InChI=1S/C12H19N5O2S/c1-3-7-10(18)15-5-6-17(7)11(19)8-9(13)16-12(20-8)14-4-2/h7H,3-6,13H2,1-2H3,(H,14,16)(H,15,18). The molecule has 1 aromatic rings. The minimum Gasteiger partial charge on any atom is -0.382 e. The first-order valence-electron chi connectivity index (χ1n) is 6.67. The number of aromatic nitrogens is 1. The smallest absolute Gasteiger partial charge is 0.268 e. The lowest BCUT2D eigenvalue weighted by molar-refractivity contribution is -0.127. The van der Waals surface area contributed by atoms with Gasteiger partial charge in [-0.25, -0.2) is 4.98 Å². The zero-order valence-electron chi connectivity index (χ0n) is 11.6. The van der Waals surface area contributed by atoms with Crippen LogP contribution >= 0.6 is 11.3 Å². The average molecular weight is 297 g/mol. The lowest BCUT2D eigenvalue weighted by Crippen LogP contribution is -2.56. The van der Waals surface area contributed by atoms with Gasteiger partial charge in [0.2, 0.25) is 5.91 Å². The second kappa shape index (κ2) is 6.08. The minimum atomic E-state index is -0.430. The van der Waals surface area contributed by atoms with E-state index in [0.717, 1.165) is 0 Å².